The van der Waals surface area contributed by atoms with Gasteiger partial charge in [-0.2, -0.15) is 8.42 Å². The van der Waals surface area contributed by atoms with E-state index in [0.29, 0.717) is 11.1 Å². The van der Waals surface area contributed by atoms with Crippen molar-refractivity contribution in [3.05, 3.63) is 153 Å². The quantitative estimate of drug-likeness (QED) is 0.278. The number of fused-ring (bicyclic) bond motifs is 2. The van der Waals surface area contributed by atoms with E-state index in [1.807, 2.05) is 69.9 Å². The summed E-state index contributed by atoms with van der Waals surface area (Å²) in [6.07, 6.45) is 17.8. The van der Waals surface area contributed by atoms with E-state index < -0.39 is 27.6 Å². The van der Waals surface area contributed by atoms with Crippen molar-refractivity contribution in [1.82, 2.24) is 0 Å². The van der Waals surface area contributed by atoms with Crippen LogP contribution in [-0.2, 0) is 38.3 Å². The molecule has 2 heterocycles. The Labute approximate surface area is 265 Å². The molecule has 1 saturated heterocycles. The van der Waals surface area contributed by atoms with Crippen molar-refractivity contribution in [2.24, 2.45) is 0 Å². The van der Waals surface area contributed by atoms with Gasteiger partial charge in [0.1, 0.15) is 17.1 Å². The maximum absolute atomic E-state index is 13.4. The average Bonchev–Trinajstić information content (AvgIpc) is 3.82. The smallest absolute Gasteiger partial charge is 0.872 e. The van der Waals surface area contributed by atoms with Gasteiger partial charge >= 0.3 is 27.2 Å². The summed E-state index contributed by atoms with van der Waals surface area (Å²) in [5.74, 6) is 1.19. The Morgan fingerprint density at radius 3 is 1.74 bits per heavy atom. The van der Waals surface area contributed by atoms with Crippen molar-refractivity contribution in [2.75, 3.05) is 0 Å². The molecule has 3 atom stereocenters. The van der Waals surface area contributed by atoms with Crippen LogP contribution >= 0.6 is 0 Å². The monoisotopic (exact) mass is 632 g/mol. The molecule has 0 aromatic heterocycles. The number of rotatable bonds is 7. The number of benzene rings is 3. The minimum Gasteiger partial charge on any atom is -0.872 e. The molecule has 4 aliphatic rings. The predicted molar refractivity (Wildman–Crippen MR) is 157 cm³/mol. The third-order valence-corrected chi connectivity index (χ3v) is 9.13. The summed E-state index contributed by atoms with van der Waals surface area (Å²) >= 11 is 0. The molecule has 7 rings (SSSR count). The summed E-state index contributed by atoms with van der Waals surface area (Å²) < 4.78 is 38.6. The molecule has 43 heavy (non-hydrogen) atoms. The van der Waals surface area contributed by atoms with E-state index in [9.17, 15) is 18.6 Å². The standard InChI is InChI=1S/C30H25O6S.C5H5.Fe/c31-23-11-7-21(8-12-23)28-26-18-27(30(35-26)29(28)22-9-13-24(32)14-10-22)37(33,34)36-25-15-5-20(6-16-25)17-19-3-1-2-4-19;1-2-4-5-3-1;/h1-16,26-27,30-32H,17-18H2;1-5H;/q;;+2/p-2/t26-,27?,30+;;/m1../s1. The fourth-order valence-electron chi connectivity index (χ4n) is 5.57. The molecular formula is C35H28FeO6S. The van der Waals surface area contributed by atoms with Gasteiger partial charge in [0.05, 0.1) is 6.10 Å². The van der Waals surface area contributed by atoms with Gasteiger partial charge in [-0.1, -0.05) is 60.7 Å². The molecule has 0 spiro atoms. The van der Waals surface area contributed by atoms with Crippen LogP contribution in [-0.4, -0.2) is 25.9 Å². The molecule has 3 aromatic rings. The summed E-state index contributed by atoms with van der Waals surface area (Å²) in [7, 11) is -4.04. The zero-order chi connectivity index (χ0) is 29.1. The van der Waals surface area contributed by atoms with Crippen LogP contribution < -0.4 is 14.4 Å². The third kappa shape index (κ3) is 7.31. The van der Waals surface area contributed by atoms with E-state index in [-0.39, 0.29) is 40.7 Å². The van der Waals surface area contributed by atoms with Crippen LogP contribution in [0.15, 0.2) is 72.8 Å². The van der Waals surface area contributed by atoms with Gasteiger partial charge in [0.25, 0.3) is 0 Å². The maximum atomic E-state index is 13.4. The zero-order valence-electron chi connectivity index (χ0n) is 23.0. The summed E-state index contributed by atoms with van der Waals surface area (Å²) in [5.41, 5.74) is 4.11. The van der Waals surface area contributed by atoms with Gasteiger partial charge in [-0.05, 0) is 110 Å². The van der Waals surface area contributed by atoms with Crippen molar-refractivity contribution in [3.8, 4) is 17.2 Å². The maximum Gasteiger partial charge on any atom is 2.00 e. The van der Waals surface area contributed by atoms with Crippen LogP contribution in [0, 0.1) is 63.7 Å². The summed E-state index contributed by atoms with van der Waals surface area (Å²) in [6, 6.07) is 19.7. The van der Waals surface area contributed by atoms with E-state index in [1.165, 1.54) is 30.2 Å². The third-order valence-electron chi connectivity index (χ3n) is 7.52. The number of hydrogen-bond donors (Lipinski definition) is 0. The van der Waals surface area contributed by atoms with Crippen molar-refractivity contribution < 1.29 is 44.6 Å². The molecule has 8 heteroatoms. The van der Waals surface area contributed by atoms with Gasteiger partial charge in [-0.3, -0.25) is 0 Å². The average molecular weight is 633 g/mol. The first-order valence-corrected chi connectivity index (χ1v) is 15.2. The Bertz CT molecular complexity index is 1480. The summed E-state index contributed by atoms with van der Waals surface area (Å²) in [6.45, 7) is 0. The van der Waals surface area contributed by atoms with Crippen LogP contribution in [0.25, 0.3) is 11.1 Å². The van der Waals surface area contributed by atoms with Crippen LogP contribution in [0.2, 0.25) is 0 Å². The van der Waals surface area contributed by atoms with E-state index in [4.69, 9.17) is 8.92 Å². The molecule has 2 bridgehead atoms. The number of ether oxygens (including phenoxy) is 1. The molecule has 3 fully saturated rings. The molecule has 2 saturated carbocycles. The second-order valence-electron chi connectivity index (χ2n) is 10.3. The van der Waals surface area contributed by atoms with E-state index >= 15 is 0 Å². The van der Waals surface area contributed by atoms with Gasteiger partial charge in [-0.25, -0.2) is 0 Å². The second kappa shape index (κ2) is 13.9. The van der Waals surface area contributed by atoms with Crippen molar-refractivity contribution in [2.45, 2.75) is 30.3 Å². The van der Waals surface area contributed by atoms with E-state index in [0.717, 1.165) is 23.1 Å². The zero-order valence-corrected chi connectivity index (χ0v) is 24.9. The first-order valence-electron chi connectivity index (χ1n) is 13.7. The minimum atomic E-state index is -4.04. The van der Waals surface area contributed by atoms with Gasteiger partial charge in [-0.15, -0.1) is 11.5 Å². The molecule has 3 aromatic carbocycles. The first kappa shape index (κ1) is 31.6. The molecule has 2 aliphatic carbocycles. The summed E-state index contributed by atoms with van der Waals surface area (Å²) in [5, 5.41) is 22.5. The molecule has 10 radical (unpaired) electrons. The molecule has 218 valence electrons. The number of hydrogen-bond acceptors (Lipinski definition) is 6. The molecule has 2 aliphatic heterocycles. The second-order valence-corrected chi connectivity index (χ2v) is 12.1. The van der Waals surface area contributed by atoms with Gasteiger partial charge < -0.3 is 19.1 Å². The Balaban J connectivity index is 0.000000559. The fourth-order valence-corrected chi connectivity index (χ4v) is 6.98. The molecule has 0 N–H and O–H groups in total. The van der Waals surface area contributed by atoms with Gasteiger partial charge in [0.15, 0.2) is 0 Å². The Kier molecular flexibility index (Phi) is 10.2. The normalized spacial score (nSPS) is 23.1. The van der Waals surface area contributed by atoms with Crippen LogP contribution in [0.4, 0.5) is 0 Å². The van der Waals surface area contributed by atoms with Crippen LogP contribution in [0.3, 0.4) is 0 Å². The largest absolute Gasteiger partial charge is 2.00 e. The predicted octanol–water partition coefficient (Wildman–Crippen LogP) is 4.66. The van der Waals surface area contributed by atoms with Crippen LogP contribution in [0.5, 0.6) is 17.2 Å². The molecule has 6 nitrogen and oxygen atoms in total. The fraction of sp³-hybridized carbons (Fsp3) is 0.143. The minimum absolute atomic E-state index is 0. The molecule has 0 amide bonds. The van der Waals surface area contributed by atoms with E-state index in [2.05, 4.69) is 0 Å². The van der Waals surface area contributed by atoms with Crippen molar-refractivity contribution >= 4 is 21.3 Å². The Morgan fingerprint density at radius 1 is 0.698 bits per heavy atom. The molecule has 1 unspecified atom stereocenters. The van der Waals surface area contributed by atoms with E-state index in [1.54, 1.807) is 36.4 Å². The summed E-state index contributed by atoms with van der Waals surface area (Å²) in [4.78, 5) is 0. The SMILES string of the molecule is O=S(=O)(Oc1ccc(C[C]2[CH][CH][CH][CH]2)cc1)C1C[C@H]2O[C@@H]1C(c1ccc([O-])cc1)=C2c1ccc([O-])cc1.[CH]1[CH][CH][CH][CH]1.[Fe+2]. The topological polar surface area (TPSA) is 98.7 Å². The van der Waals surface area contributed by atoms with Gasteiger partial charge in [0, 0.05) is 6.42 Å². The molecular weight excluding hydrogens is 604 g/mol. The first-order chi connectivity index (χ1) is 20.4. The van der Waals surface area contributed by atoms with Crippen molar-refractivity contribution in [3.63, 3.8) is 0 Å². The van der Waals surface area contributed by atoms with Crippen LogP contribution in [0.1, 0.15) is 23.1 Å². The Morgan fingerprint density at radius 2 is 1.21 bits per heavy atom. The van der Waals surface area contributed by atoms with Crippen molar-refractivity contribution in [1.29, 1.82) is 0 Å². The van der Waals surface area contributed by atoms with Gasteiger partial charge in [0.2, 0.25) is 0 Å². The Hall–Kier alpha value is -2.77.